The van der Waals surface area contributed by atoms with E-state index in [0.717, 1.165) is 11.3 Å². The lowest BCUT2D eigenvalue weighted by molar-refractivity contribution is -0.141. The van der Waals surface area contributed by atoms with Crippen LogP contribution < -0.4 is 15.8 Å². The number of anilines is 1. The van der Waals surface area contributed by atoms with Crippen molar-refractivity contribution in [3.63, 3.8) is 0 Å². The number of esters is 1. The second-order valence-corrected chi connectivity index (χ2v) is 7.23. The summed E-state index contributed by atoms with van der Waals surface area (Å²) in [6, 6.07) is 17.7. The fourth-order valence-electron chi connectivity index (χ4n) is 2.79. The zero-order chi connectivity index (χ0) is 22.2. The summed E-state index contributed by atoms with van der Waals surface area (Å²) in [6.07, 6.45) is 1.65. The molecule has 0 aliphatic carbocycles. The zero-order valence-corrected chi connectivity index (χ0v) is 17.5. The van der Waals surface area contributed by atoms with E-state index >= 15 is 0 Å². The number of carbonyl (C=O) groups is 3. The van der Waals surface area contributed by atoms with E-state index in [1.54, 1.807) is 48.9 Å². The molecule has 3 N–H and O–H groups in total. The summed E-state index contributed by atoms with van der Waals surface area (Å²) in [4.78, 5) is 36.5. The first-order chi connectivity index (χ1) is 15.0. The first-order valence-corrected chi connectivity index (χ1v) is 10.1. The van der Waals surface area contributed by atoms with Gasteiger partial charge in [-0.15, -0.1) is 11.3 Å². The molecule has 3 aromatic rings. The van der Waals surface area contributed by atoms with Gasteiger partial charge in [-0.05, 0) is 29.2 Å². The van der Waals surface area contributed by atoms with Gasteiger partial charge in [0.05, 0.1) is 18.2 Å². The second kappa shape index (κ2) is 10.2. The third-order valence-electron chi connectivity index (χ3n) is 4.26. The van der Waals surface area contributed by atoms with Crippen molar-refractivity contribution in [3.05, 3.63) is 82.7 Å². The number of para-hydroxylation sites is 1. The van der Waals surface area contributed by atoms with Crippen molar-refractivity contribution < 1.29 is 23.9 Å². The molecule has 31 heavy (non-hydrogen) atoms. The summed E-state index contributed by atoms with van der Waals surface area (Å²) in [7, 11) is 1.54. The minimum absolute atomic E-state index is 0.200. The Morgan fingerprint density at radius 3 is 2.45 bits per heavy atom. The molecule has 7 nitrogen and oxygen atoms in total. The van der Waals surface area contributed by atoms with Crippen LogP contribution in [0.15, 0.2) is 66.0 Å². The van der Waals surface area contributed by atoms with Gasteiger partial charge < -0.3 is 20.5 Å². The Labute approximate surface area is 183 Å². The standard InChI is InChI=1S/C23H20N2O5S/c1-29-19-10-6-5-9-16(19)13-18(15-7-3-2-4-8-15)23(28)30-14-20(26)25-22-17(21(24)27)11-12-31-22/h2-13H,14H2,1H3,(H2,24,27)(H,25,26)/b18-13+. The van der Waals surface area contributed by atoms with Gasteiger partial charge in [-0.25, -0.2) is 4.79 Å². The van der Waals surface area contributed by atoms with E-state index in [-0.39, 0.29) is 11.1 Å². The normalized spacial score (nSPS) is 10.9. The van der Waals surface area contributed by atoms with Crippen LogP contribution in [-0.4, -0.2) is 31.5 Å². The van der Waals surface area contributed by atoms with Gasteiger partial charge in [-0.3, -0.25) is 9.59 Å². The molecule has 3 rings (SSSR count). The number of thiophene rings is 1. The first kappa shape index (κ1) is 21.8. The van der Waals surface area contributed by atoms with Crippen LogP contribution in [-0.2, 0) is 14.3 Å². The minimum atomic E-state index is -0.673. The van der Waals surface area contributed by atoms with Gasteiger partial charge in [0.25, 0.3) is 11.8 Å². The van der Waals surface area contributed by atoms with Crippen molar-refractivity contribution >= 4 is 45.8 Å². The molecule has 0 saturated carbocycles. The molecule has 8 heteroatoms. The topological polar surface area (TPSA) is 108 Å². The minimum Gasteiger partial charge on any atom is -0.496 e. The summed E-state index contributed by atoms with van der Waals surface area (Å²) in [5.74, 6) is -1.31. The molecule has 2 amide bonds. The number of nitrogens with two attached hydrogens (primary N) is 1. The lowest BCUT2D eigenvalue weighted by Gasteiger charge is -2.11. The van der Waals surface area contributed by atoms with Crippen LogP contribution in [0, 0.1) is 0 Å². The largest absolute Gasteiger partial charge is 0.496 e. The molecule has 1 aromatic heterocycles. The molecule has 0 saturated heterocycles. The molecule has 0 spiro atoms. The Hall–Kier alpha value is -3.91. The van der Waals surface area contributed by atoms with Gasteiger partial charge in [0, 0.05) is 5.56 Å². The average molecular weight is 436 g/mol. The third-order valence-corrected chi connectivity index (χ3v) is 5.09. The van der Waals surface area contributed by atoms with E-state index in [1.807, 2.05) is 24.3 Å². The predicted molar refractivity (Wildman–Crippen MR) is 120 cm³/mol. The molecule has 1 heterocycles. The van der Waals surface area contributed by atoms with Gasteiger partial charge in [-0.2, -0.15) is 0 Å². The number of methoxy groups -OCH3 is 1. The second-order valence-electron chi connectivity index (χ2n) is 6.32. The molecule has 0 fully saturated rings. The maximum absolute atomic E-state index is 12.8. The number of carbonyl (C=O) groups excluding carboxylic acids is 3. The van der Waals surface area contributed by atoms with Gasteiger partial charge in [-0.1, -0.05) is 48.5 Å². The Balaban J connectivity index is 1.78. The number of hydrogen-bond donors (Lipinski definition) is 2. The summed E-state index contributed by atoms with van der Waals surface area (Å²) in [6.45, 7) is -0.523. The summed E-state index contributed by atoms with van der Waals surface area (Å²) in [5.41, 5.74) is 7.06. The van der Waals surface area contributed by atoms with Crippen molar-refractivity contribution in [3.8, 4) is 5.75 Å². The maximum Gasteiger partial charge on any atom is 0.339 e. The summed E-state index contributed by atoms with van der Waals surface area (Å²) >= 11 is 1.15. The highest BCUT2D eigenvalue weighted by Gasteiger charge is 2.18. The van der Waals surface area contributed by atoms with E-state index in [9.17, 15) is 14.4 Å². The van der Waals surface area contributed by atoms with Crippen LogP contribution in [0.4, 0.5) is 5.00 Å². The van der Waals surface area contributed by atoms with Crippen molar-refractivity contribution in [2.45, 2.75) is 0 Å². The van der Waals surface area contributed by atoms with E-state index in [1.165, 1.54) is 6.07 Å². The van der Waals surface area contributed by atoms with E-state index in [0.29, 0.717) is 21.9 Å². The molecular weight excluding hydrogens is 416 g/mol. The number of rotatable bonds is 8. The zero-order valence-electron chi connectivity index (χ0n) is 16.7. The fraction of sp³-hybridized carbons (Fsp3) is 0.0870. The van der Waals surface area contributed by atoms with Crippen molar-refractivity contribution in [2.75, 3.05) is 19.0 Å². The average Bonchev–Trinajstić information content (AvgIpc) is 3.25. The molecule has 0 unspecified atom stereocenters. The van der Waals surface area contributed by atoms with Gasteiger partial charge in [0.2, 0.25) is 0 Å². The van der Waals surface area contributed by atoms with Gasteiger partial charge in [0.1, 0.15) is 10.8 Å². The highest BCUT2D eigenvalue weighted by molar-refractivity contribution is 7.14. The molecule has 158 valence electrons. The summed E-state index contributed by atoms with van der Waals surface area (Å²) < 4.78 is 10.6. The first-order valence-electron chi connectivity index (χ1n) is 9.24. The molecule has 0 aliphatic heterocycles. The maximum atomic E-state index is 12.8. The number of amides is 2. The van der Waals surface area contributed by atoms with Crippen molar-refractivity contribution in [2.24, 2.45) is 5.73 Å². The molecule has 0 aliphatic rings. The van der Waals surface area contributed by atoms with Crippen LogP contribution in [0.5, 0.6) is 5.75 Å². The van der Waals surface area contributed by atoms with E-state index in [4.69, 9.17) is 15.2 Å². The Morgan fingerprint density at radius 1 is 1.03 bits per heavy atom. The Morgan fingerprint density at radius 2 is 1.74 bits per heavy atom. The predicted octanol–water partition coefficient (Wildman–Crippen LogP) is 3.58. The van der Waals surface area contributed by atoms with Gasteiger partial charge >= 0.3 is 5.97 Å². The number of ether oxygens (including phenoxy) is 2. The number of benzene rings is 2. The Kier molecular flexibility index (Phi) is 7.18. The third kappa shape index (κ3) is 5.58. The molecular formula is C23H20N2O5S. The molecule has 2 aromatic carbocycles. The molecule has 0 atom stereocenters. The van der Waals surface area contributed by atoms with Crippen LogP contribution in [0.2, 0.25) is 0 Å². The van der Waals surface area contributed by atoms with Crippen LogP contribution >= 0.6 is 11.3 Å². The monoisotopic (exact) mass is 436 g/mol. The van der Waals surface area contributed by atoms with Crippen molar-refractivity contribution in [1.29, 1.82) is 0 Å². The van der Waals surface area contributed by atoms with E-state index in [2.05, 4.69) is 5.32 Å². The van der Waals surface area contributed by atoms with Crippen LogP contribution in [0.3, 0.4) is 0 Å². The number of hydrogen-bond acceptors (Lipinski definition) is 6. The smallest absolute Gasteiger partial charge is 0.339 e. The molecule has 0 radical (unpaired) electrons. The fourth-order valence-corrected chi connectivity index (χ4v) is 3.60. The highest BCUT2D eigenvalue weighted by atomic mass is 32.1. The SMILES string of the molecule is COc1ccccc1/C=C(/C(=O)OCC(=O)Nc1sccc1C(N)=O)c1ccccc1. The van der Waals surface area contributed by atoms with Gasteiger partial charge in [0.15, 0.2) is 6.61 Å². The highest BCUT2D eigenvalue weighted by Crippen LogP contribution is 2.26. The quantitative estimate of drug-likeness (QED) is 0.319. The number of primary amides is 1. The summed E-state index contributed by atoms with van der Waals surface area (Å²) in [5, 5.41) is 4.47. The Bertz CT molecular complexity index is 1120. The van der Waals surface area contributed by atoms with E-state index < -0.39 is 24.4 Å². The van der Waals surface area contributed by atoms with Crippen LogP contribution in [0.1, 0.15) is 21.5 Å². The lowest BCUT2D eigenvalue weighted by atomic mass is 10.0. The lowest BCUT2D eigenvalue weighted by Crippen LogP contribution is -2.22. The van der Waals surface area contributed by atoms with Crippen LogP contribution in [0.25, 0.3) is 11.6 Å². The number of nitrogens with one attached hydrogen (secondary N) is 1. The molecule has 0 bridgehead atoms. The van der Waals surface area contributed by atoms with Crippen molar-refractivity contribution in [1.82, 2.24) is 0 Å².